The van der Waals surface area contributed by atoms with Gasteiger partial charge in [-0.3, -0.25) is 4.90 Å². The first-order chi connectivity index (χ1) is 6.63. The largest absolute Gasteiger partial charge is 0.396 e. The molecule has 0 heterocycles. The zero-order valence-electron chi connectivity index (χ0n) is 8.33. The molecule has 0 aliphatic carbocycles. The van der Waals surface area contributed by atoms with Gasteiger partial charge < -0.3 is 5.73 Å². The molecular formula is C11H15FN2. The Labute approximate surface area is 83.8 Å². The molecule has 0 unspecified atom stereocenters. The lowest BCUT2D eigenvalue weighted by atomic mass is 10.2. The maximum absolute atomic E-state index is 13.1. The van der Waals surface area contributed by atoms with Crippen molar-refractivity contribution >= 4 is 5.69 Å². The van der Waals surface area contributed by atoms with Crippen LogP contribution in [0, 0.1) is 5.82 Å². The summed E-state index contributed by atoms with van der Waals surface area (Å²) in [7, 11) is 1.95. The summed E-state index contributed by atoms with van der Waals surface area (Å²) in [6.45, 7) is 5.12. The Morgan fingerprint density at radius 1 is 1.57 bits per heavy atom. The van der Waals surface area contributed by atoms with Crippen LogP contribution in [0.15, 0.2) is 30.9 Å². The predicted octanol–water partition coefficient (Wildman–Crippen LogP) is 2.03. The van der Waals surface area contributed by atoms with E-state index in [0.717, 1.165) is 12.1 Å². The zero-order valence-corrected chi connectivity index (χ0v) is 8.33. The minimum atomic E-state index is -0.352. The molecule has 0 atom stereocenters. The molecule has 1 rings (SSSR count). The highest BCUT2D eigenvalue weighted by molar-refractivity contribution is 5.41. The summed E-state index contributed by atoms with van der Waals surface area (Å²) >= 11 is 0. The van der Waals surface area contributed by atoms with Crippen LogP contribution in [0.25, 0.3) is 0 Å². The minimum Gasteiger partial charge on any atom is -0.396 e. The van der Waals surface area contributed by atoms with E-state index < -0.39 is 0 Å². The molecule has 0 radical (unpaired) electrons. The van der Waals surface area contributed by atoms with E-state index in [-0.39, 0.29) is 11.5 Å². The van der Waals surface area contributed by atoms with Gasteiger partial charge in [-0.25, -0.2) is 4.39 Å². The molecule has 1 aromatic carbocycles. The number of likely N-dealkylation sites (N-methyl/N-ethyl adjacent to an activating group) is 1. The highest BCUT2D eigenvalue weighted by Crippen LogP contribution is 2.12. The molecular weight excluding hydrogens is 179 g/mol. The van der Waals surface area contributed by atoms with Gasteiger partial charge in [0.2, 0.25) is 0 Å². The number of nitrogens with zero attached hydrogens (tertiary/aromatic N) is 1. The van der Waals surface area contributed by atoms with Crippen LogP contribution < -0.4 is 5.73 Å². The molecule has 14 heavy (non-hydrogen) atoms. The Morgan fingerprint density at radius 2 is 2.29 bits per heavy atom. The number of benzene rings is 1. The summed E-state index contributed by atoms with van der Waals surface area (Å²) in [6, 6.07) is 4.89. The van der Waals surface area contributed by atoms with Crippen LogP contribution in [-0.2, 0) is 6.54 Å². The Morgan fingerprint density at radius 3 is 2.86 bits per heavy atom. The van der Waals surface area contributed by atoms with E-state index in [1.54, 1.807) is 6.07 Å². The van der Waals surface area contributed by atoms with Crippen molar-refractivity contribution in [2.75, 3.05) is 19.3 Å². The number of nitrogen functional groups attached to an aromatic ring is 1. The van der Waals surface area contributed by atoms with E-state index in [2.05, 4.69) is 6.58 Å². The van der Waals surface area contributed by atoms with Crippen LogP contribution in [0.4, 0.5) is 10.1 Å². The van der Waals surface area contributed by atoms with Gasteiger partial charge in [0.1, 0.15) is 5.82 Å². The third-order valence-electron chi connectivity index (χ3n) is 1.96. The monoisotopic (exact) mass is 194 g/mol. The highest BCUT2D eigenvalue weighted by atomic mass is 19.1. The minimum absolute atomic E-state index is 0.195. The molecule has 3 heteroatoms. The molecule has 0 aromatic heterocycles. The zero-order chi connectivity index (χ0) is 10.6. The van der Waals surface area contributed by atoms with Gasteiger partial charge in [-0.1, -0.05) is 12.1 Å². The number of rotatable bonds is 4. The van der Waals surface area contributed by atoms with Gasteiger partial charge in [0.15, 0.2) is 0 Å². The summed E-state index contributed by atoms with van der Waals surface area (Å²) in [6.07, 6.45) is 1.81. The van der Waals surface area contributed by atoms with Gasteiger partial charge in [0.25, 0.3) is 0 Å². The van der Waals surface area contributed by atoms with Crippen molar-refractivity contribution in [2.45, 2.75) is 6.54 Å². The van der Waals surface area contributed by atoms with Crippen molar-refractivity contribution in [3.8, 4) is 0 Å². The highest BCUT2D eigenvalue weighted by Gasteiger charge is 2.02. The average Bonchev–Trinajstić information content (AvgIpc) is 2.12. The topological polar surface area (TPSA) is 29.3 Å². The van der Waals surface area contributed by atoms with Crippen LogP contribution in [0.5, 0.6) is 0 Å². The smallest absolute Gasteiger partial charge is 0.146 e. The third kappa shape index (κ3) is 2.85. The van der Waals surface area contributed by atoms with E-state index in [9.17, 15) is 4.39 Å². The summed E-state index contributed by atoms with van der Waals surface area (Å²) in [5, 5.41) is 0. The van der Waals surface area contributed by atoms with Crippen LogP contribution >= 0.6 is 0 Å². The molecule has 2 N–H and O–H groups in total. The Bertz CT molecular complexity index is 323. The van der Waals surface area contributed by atoms with Gasteiger partial charge >= 0.3 is 0 Å². The first-order valence-corrected chi connectivity index (χ1v) is 4.47. The van der Waals surface area contributed by atoms with Gasteiger partial charge in [-0.2, -0.15) is 0 Å². The fraction of sp³-hybridized carbons (Fsp3) is 0.273. The molecule has 2 nitrogen and oxygen atoms in total. The maximum atomic E-state index is 13.1. The Hall–Kier alpha value is -1.35. The number of halogens is 1. The number of anilines is 1. The quantitative estimate of drug-likeness (QED) is 0.587. The van der Waals surface area contributed by atoms with Crippen molar-refractivity contribution in [1.29, 1.82) is 0 Å². The molecule has 0 aliphatic rings. The number of hydrogen-bond donors (Lipinski definition) is 1. The van der Waals surface area contributed by atoms with E-state index in [1.165, 1.54) is 6.07 Å². The maximum Gasteiger partial charge on any atom is 0.146 e. The van der Waals surface area contributed by atoms with Crippen molar-refractivity contribution in [1.82, 2.24) is 4.90 Å². The summed E-state index contributed by atoms with van der Waals surface area (Å²) in [5.74, 6) is -0.352. The van der Waals surface area contributed by atoms with E-state index in [4.69, 9.17) is 5.73 Å². The second-order valence-corrected chi connectivity index (χ2v) is 3.34. The van der Waals surface area contributed by atoms with Crippen LogP contribution in [0.3, 0.4) is 0 Å². The van der Waals surface area contributed by atoms with Gasteiger partial charge in [0, 0.05) is 13.1 Å². The fourth-order valence-electron chi connectivity index (χ4n) is 1.27. The average molecular weight is 194 g/mol. The molecule has 0 amide bonds. The standard InChI is InChI=1S/C11H15FN2/c1-3-6-14(2)8-9-4-5-11(13)10(12)7-9/h3-5,7H,1,6,8,13H2,2H3. The Kier molecular flexibility index (Phi) is 3.65. The summed E-state index contributed by atoms with van der Waals surface area (Å²) in [5.41, 5.74) is 6.49. The number of nitrogens with two attached hydrogens (primary N) is 1. The van der Waals surface area contributed by atoms with Crippen molar-refractivity contribution < 1.29 is 4.39 Å². The lowest BCUT2D eigenvalue weighted by Crippen LogP contribution is -2.17. The normalized spacial score (nSPS) is 10.5. The lowest BCUT2D eigenvalue weighted by molar-refractivity contribution is 0.363. The SMILES string of the molecule is C=CCN(C)Cc1ccc(N)c(F)c1. The number of hydrogen-bond acceptors (Lipinski definition) is 2. The molecule has 0 bridgehead atoms. The van der Waals surface area contributed by atoms with Crippen LogP contribution in [-0.4, -0.2) is 18.5 Å². The second kappa shape index (κ2) is 4.77. The van der Waals surface area contributed by atoms with Crippen molar-refractivity contribution in [2.24, 2.45) is 0 Å². The van der Waals surface area contributed by atoms with E-state index in [0.29, 0.717) is 6.54 Å². The first-order valence-electron chi connectivity index (χ1n) is 4.47. The second-order valence-electron chi connectivity index (χ2n) is 3.34. The van der Waals surface area contributed by atoms with Crippen LogP contribution in [0.1, 0.15) is 5.56 Å². The van der Waals surface area contributed by atoms with Gasteiger partial charge in [-0.15, -0.1) is 6.58 Å². The van der Waals surface area contributed by atoms with E-state index in [1.807, 2.05) is 24.1 Å². The molecule has 0 aliphatic heterocycles. The first kappa shape index (κ1) is 10.7. The van der Waals surface area contributed by atoms with Gasteiger partial charge in [0.05, 0.1) is 5.69 Å². The van der Waals surface area contributed by atoms with E-state index >= 15 is 0 Å². The fourth-order valence-corrected chi connectivity index (χ4v) is 1.27. The van der Waals surface area contributed by atoms with Crippen molar-refractivity contribution in [3.05, 3.63) is 42.2 Å². The molecule has 1 aromatic rings. The predicted molar refractivity (Wildman–Crippen MR) is 57.3 cm³/mol. The molecule has 0 saturated heterocycles. The summed E-state index contributed by atoms with van der Waals surface area (Å²) < 4.78 is 13.1. The van der Waals surface area contributed by atoms with Crippen molar-refractivity contribution in [3.63, 3.8) is 0 Å². The lowest BCUT2D eigenvalue weighted by Gasteiger charge is -2.14. The molecule has 76 valence electrons. The molecule has 0 spiro atoms. The third-order valence-corrected chi connectivity index (χ3v) is 1.96. The van der Waals surface area contributed by atoms with Gasteiger partial charge in [-0.05, 0) is 24.7 Å². The van der Waals surface area contributed by atoms with Crippen LogP contribution in [0.2, 0.25) is 0 Å². The Balaban J connectivity index is 2.67. The summed E-state index contributed by atoms with van der Waals surface area (Å²) in [4.78, 5) is 2.04. The molecule has 0 saturated carbocycles. The molecule has 0 fully saturated rings.